The van der Waals surface area contributed by atoms with Gasteiger partial charge >= 0.3 is 0 Å². The molecule has 0 bridgehead atoms. The summed E-state index contributed by atoms with van der Waals surface area (Å²) >= 11 is 0. The van der Waals surface area contributed by atoms with E-state index in [2.05, 4.69) is 7.85 Å². The zero-order valence-electron chi connectivity index (χ0n) is 5.24. The molecule has 42 valence electrons. The highest BCUT2D eigenvalue weighted by Crippen LogP contribution is 1.83. The van der Waals surface area contributed by atoms with Gasteiger partial charge in [0.25, 0.3) is 0 Å². The van der Waals surface area contributed by atoms with E-state index in [1.54, 1.807) is 0 Å². The highest BCUT2D eigenvalue weighted by molar-refractivity contribution is 6.08. The molecule has 0 aliphatic carbocycles. The van der Waals surface area contributed by atoms with Crippen molar-refractivity contribution in [2.45, 2.75) is 19.7 Å². The topological polar surface area (TPSA) is 9.23 Å². The lowest BCUT2D eigenvalue weighted by Crippen LogP contribution is -1.91. The highest BCUT2D eigenvalue weighted by Gasteiger charge is 1.78. The van der Waals surface area contributed by atoms with Crippen LogP contribution in [0.2, 0.25) is 6.32 Å². The summed E-state index contributed by atoms with van der Waals surface area (Å²) in [5, 5.41) is 0. The van der Waals surface area contributed by atoms with Gasteiger partial charge in [0.2, 0.25) is 0 Å². The van der Waals surface area contributed by atoms with Gasteiger partial charge < -0.3 is 4.74 Å². The largest absolute Gasteiger partial charge is 0.382 e. The molecule has 0 N–H and O–H groups in total. The summed E-state index contributed by atoms with van der Waals surface area (Å²) in [4.78, 5) is 0. The summed E-state index contributed by atoms with van der Waals surface area (Å²) < 4.78 is 5.07. The lowest BCUT2D eigenvalue weighted by Gasteiger charge is -1.94. The van der Waals surface area contributed by atoms with Crippen molar-refractivity contribution in [3.8, 4) is 0 Å². The van der Waals surface area contributed by atoms with E-state index in [1.165, 1.54) is 12.7 Å². The second-order valence-electron chi connectivity index (χ2n) is 1.55. The van der Waals surface area contributed by atoms with Crippen LogP contribution in [0.1, 0.15) is 13.3 Å². The first-order valence-electron chi connectivity index (χ1n) is 2.99. The van der Waals surface area contributed by atoms with Crippen LogP contribution in [0.5, 0.6) is 0 Å². The second kappa shape index (κ2) is 6.02. The van der Waals surface area contributed by atoms with Gasteiger partial charge in [-0.15, -0.1) is 0 Å². The van der Waals surface area contributed by atoms with E-state index in [0.29, 0.717) is 0 Å². The highest BCUT2D eigenvalue weighted by atomic mass is 16.5. The predicted molar refractivity (Wildman–Crippen MR) is 34.5 cm³/mol. The van der Waals surface area contributed by atoms with Crippen LogP contribution in [0.4, 0.5) is 0 Å². The van der Waals surface area contributed by atoms with Gasteiger partial charge in [-0.25, -0.2) is 0 Å². The molecule has 0 fully saturated rings. The van der Waals surface area contributed by atoms with Gasteiger partial charge in [0.1, 0.15) is 7.85 Å². The number of hydrogen-bond acceptors (Lipinski definition) is 1. The summed E-state index contributed by atoms with van der Waals surface area (Å²) in [6.07, 6.45) is 2.44. The Labute approximate surface area is 46.5 Å². The maximum Gasteiger partial charge on any atom is 0.101 e. The standard InChI is InChI=1S/C5H13BO/c1-2-7-5-3-4-6/h2-6H2,1H3. The van der Waals surface area contributed by atoms with Gasteiger partial charge in [0.05, 0.1) is 0 Å². The number of rotatable bonds is 4. The molecule has 0 saturated heterocycles. The number of hydrogen-bond donors (Lipinski definition) is 0. The molecule has 0 radical (unpaired) electrons. The van der Waals surface area contributed by atoms with Crippen LogP contribution in [0.3, 0.4) is 0 Å². The van der Waals surface area contributed by atoms with Crippen LogP contribution in [-0.2, 0) is 4.74 Å². The predicted octanol–water partition coefficient (Wildman–Crippen LogP) is 0.464. The van der Waals surface area contributed by atoms with Crippen molar-refractivity contribution < 1.29 is 4.74 Å². The van der Waals surface area contributed by atoms with E-state index in [0.717, 1.165) is 13.2 Å². The first kappa shape index (κ1) is 7.02. The zero-order chi connectivity index (χ0) is 5.54. The third-order valence-electron chi connectivity index (χ3n) is 0.846. The molecule has 0 rings (SSSR count). The Kier molecular flexibility index (Phi) is 6.05. The Morgan fingerprint density at radius 1 is 1.57 bits per heavy atom. The van der Waals surface area contributed by atoms with Crippen molar-refractivity contribution in [2.75, 3.05) is 13.2 Å². The molecule has 7 heavy (non-hydrogen) atoms. The molecule has 2 heteroatoms. The van der Waals surface area contributed by atoms with Crippen molar-refractivity contribution in [3.63, 3.8) is 0 Å². The molecule has 0 atom stereocenters. The van der Waals surface area contributed by atoms with Crippen LogP contribution < -0.4 is 0 Å². The van der Waals surface area contributed by atoms with Crippen LogP contribution in [0.25, 0.3) is 0 Å². The Balaban J connectivity index is 2.45. The van der Waals surface area contributed by atoms with Gasteiger partial charge in [0.15, 0.2) is 0 Å². The van der Waals surface area contributed by atoms with Crippen molar-refractivity contribution in [1.82, 2.24) is 0 Å². The Morgan fingerprint density at radius 3 is 2.71 bits per heavy atom. The molecule has 1 nitrogen and oxygen atoms in total. The molecule has 0 saturated carbocycles. The Hall–Kier alpha value is 0.0249. The van der Waals surface area contributed by atoms with Crippen LogP contribution in [0, 0.1) is 0 Å². The van der Waals surface area contributed by atoms with Crippen molar-refractivity contribution in [3.05, 3.63) is 0 Å². The zero-order valence-corrected chi connectivity index (χ0v) is 5.24. The molecule has 0 amide bonds. The fraction of sp³-hybridized carbons (Fsp3) is 1.00. The van der Waals surface area contributed by atoms with E-state index in [4.69, 9.17) is 4.74 Å². The lowest BCUT2D eigenvalue weighted by atomic mass is 10.0. The fourth-order valence-electron chi connectivity index (χ4n) is 0.391. The van der Waals surface area contributed by atoms with Crippen LogP contribution in [0.15, 0.2) is 0 Å². The summed E-state index contributed by atoms with van der Waals surface area (Å²) in [5.74, 6) is 0. The van der Waals surface area contributed by atoms with Crippen molar-refractivity contribution in [2.24, 2.45) is 0 Å². The minimum atomic E-state index is 0.861. The molecule has 0 aliphatic heterocycles. The van der Waals surface area contributed by atoms with Crippen LogP contribution in [-0.4, -0.2) is 21.1 Å². The van der Waals surface area contributed by atoms with E-state index >= 15 is 0 Å². The first-order valence-corrected chi connectivity index (χ1v) is 2.99. The molecular weight excluding hydrogens is 86.9 g/mol. The quantitative estimate of drug-likeness (QED) is 0.368. The van der Waals surface area contributed by atoms with E-state index in [9.17, 15) is 0 Å². The first-order chi connectivity index (χ1) is 3.41. The van der Waals surface area contributed by atoms with Gasteiger partial charge in [-0.1, -0.05) is 6.32 Å². The molecule has 0 aliphatic rings. The fourth-order valence-corrected chi connectivity index (χ4v) is 0.391. The van der Waals surface area contributed by atoms with Gasteiger partial charge in [-0.05, 0) is 13.3 Å². The monoisotopic (exact) mass is 100 g/mol. The summed E-state index contributed by atoms with van der Waals surface area (Å²) in [7, 11) is 2.17. The maximum atomic E-state index is 5.07. The Morgan fingerprint density at radius 2 is 2.29 bits per heavy atom. The van der Waals surface area contributed by atoms with E-state index in [-0.39, 0.29) is 0 Å². The summed E-state index contributed by atoms with van der Waals surface area (Å²) in [5.41, 5.74) is 0. The molecule has 0 aromatic rings. The third kappa shape index (κ3) is 6.02. The minimum Gasteiger partial charge on any atom is -0.382 e. The smallest absolute Gasteiger partial charge is 0.101 e. The average Bonchev–Trinajstić information content (AvgIpc) is 1.69. The summed E-state index contributed by atoms with van der Waals surface area (Å²) in [6.45, 7) is 3.82. The summed E-state index contributed by atoms with van der Waals surface area (Å²) in [6, 6.07) is 0. The normalized spacial score (nSPS) is 9.29. The van der Waals surface area contributed by atoms with Crippen LogP contribution >= 0.6 is 0 Å². The van der Waals surface area contributed by atoms with Gasteiger partial charge in [-0.3, -0.25) is 0 Å². The SMILES string of the molecule is BCCCOCC. The Bertz CT molecular complexity index is 27.3. The van der Waals surface area contributed by atoms with Crippen molar-refractivity contribution in [1.29, 1.82) is 0 Å². The second-order valence-corrected chi connectivity index (χ2v) is 1.55. The molecule has 0 heterocycles. The molecule has 0 aromatic carbocycles. The number of ether oxygens (including phenoxy) is 1. The minimum absolute atomic E-state index is 0.861. The molecule has 0 spiro atoms. The molecule has 0 aromatic heterocycles. The van der Waals surface area contributed by atoms with Crippen molar-refractivity contribution >= 4 is 7.85 Å². The van der Waals surface area contributed by atoms with E-state index in [1.807, 2.05) is 6.92 Å². The average molecular weight is 100.0 g/mol. The van der Waals surface area contributed by atoms with Gasteiger partial charge in [0, 0.05) is 13.2 Å². The van der Waals surface area contributed by atoms with Gasteiger partial charge in [-0.2, -0.15) is 0 Å². The third-order valence-corrected chi connectivity index (χ3v) is 0.846. The molecule has 0 unspecified atom stereocenters. The lowest BCUT2D eigenvalue weighted by molar-refractivity contribution is 0.148. The maximum absolute atomic E-state index is 5.07. The van der Waals surface area contributed by atoms with E-state index < -0.39 is 0 Å². The molecular formula is C5H13BO.